The van der Waals surface area contributed by atoms with Crippen LogP contribution in [0.4, 0.5) is 0 Å². The fourth-order valence-electron chi connectivity index (χ4n) is 5.95. The molecular weight excluding hydrogens is 432 g/mol. The third-order valence-electron chi connectivity index (χ3n) is 7.44. The van der Waals surface area contributed by atoms with Crippen molar-refractivity contribution in [2.75, 3.05) is 19.7 Å². The molecule has 0 aliphatic carbocycles. The Morgan fingerprint density at radius 2 is 1.40 bits per heavy atom. The molecule has 0 spiro atoms. The molecule has 176 valence electrons. The van der Waals surface area contributed by atoms with E-state index in [1.54, 1.807) is 0 Å². The summed E-state index contributed by atoms with van der Waals surface area (Å²) in [4.78, 5) is 14.4. The van der Waals surface area contributed by atoms with Crippen molar-refractivity contribution in [3.63, 3.8) is 0 Å². The molecule has 0 radical (unpaired) electrons. The van der Waals surface area contributed by atoms with Crippen LogP contribution >= 0.6 is 0 Å². The second-order valence-electron chi connectivity index (χ2n) is 9.43. The molecule has 4 nitrogen and oxygen atoms in total. The number of hydrogen-bond donors (Lipinski definition) is 0. The fraction of sp³-hybridized carbons (Fsp3) is 0.258. The van der Waals surface area contributed by atoms with Crippen LogP contribution in [0.25, 0.3) is 10.8 Å². The molecule has 4 aromatic carbocycles. The number of carbonyl (C=O) groups is 1. The average molecular weight is 463 g/mol. The van der Waals surface area contributed by atoms with Gasteiger partial charge in [0, 0.05) is 18.7 Å². The van der Waals surface area contributed by atoms with Gasteiger partial charge < -0.3 is 4.74 Å². The smallest absolute Gasteiger partial charge is 0.169 e. The number of Topliss-reactive ketones (excluding diaryl/α,β-unsaturated/α-hetero) is 1. The van der Waals surface area contributed by atoms with E-state index in [-0.39, 0.29) is 23.8 Å². The Labute approximate surface area is 206 Å². The van der Waals surface area contributed by atoms with Gasteiger partial charge in [0.2, 0.25) is 0 Å². The van der Waals surface area contributed by atoms with E-state index >= 15 is 0 Å². The van der Waals surface area contributed by atoms with Crippen molar-refractivity contribution in [2.45, 2.75) is 25.4 Å². The highest BCUT2D eigenvalue weighted by atomic mass is 16.5. The number of ether oxygens (including phenoxy) is 1. The van der Waals surface area contributed by atoms with E-state index < -0.39 is 0 Å². The number of benzene rings is 4. The molecule has 6 rings (SSSR count). The number of ketones is 1. The third-order valence-corrected chi connectivity index (χ3v) is 7.44. The Hall–Kier alpha value is -3.47. The third kappa shape index (κ3) is 3.93. The summed E-state index contributed by atoms with van der Waals surface area (Å²) >= 11 is 0. The second-order valence-corrected chi connectivity index (χ2v) is 9.43. The Morgan fingerprint density at radius 3 is 2.09 bits per heavy atom. The quantitative estimate of drug-likeness (QED) is 0.308. The van der Waals surface area contributed by atoms with E-state index in [0.29, 0.717) is 6.61 Å². The summed E-state index contributed by atoms with van der Waals surface area (Å²) in [6.45, 7) is 4.56. The summed E-state index contributed by atoms with van der Waals surface area (Å²) in [5, 5.41) is 7.14. The van der Waals surface area contributed by atoms with Gasteiger partial charge >= 0.3 is 0 Å². The standard InChI is InChI=1S/C31H30N2O2/c1-2-35-27-17-15-24(16-18-27)30-28(31(34)26-14-13-22-9-6-7-12-25(22)21-26)29(23-10-4-3-5-11-23)32-19-8-20-33(30)32/h3-7,9-18,21,28-30H,2,8,19-20H2,1H3/t28-,29-,30+/m1/s1. The average Bonchev–Trinajstić information content (AvgIpc) is 3.50. The zero-order valence-electron chi connectivity index (χ0n) is 20.0. The van der Waals surface area contributed by atoms with Gasteiger partial charge in [0.15, 0.2) is 5.78 Å². The SMILES string of the molecule is CCOc1ccc([C@H]2[C@H](C(=O)c3ccc4ccccc4c3)[C@@H](c3ccccc3)N3CCCN23)cc1. The van der Waals surface area contributed by atoms with Gasteiger partial charge in [0.25, 0.3) is 0 Å². The summed E-state index contributed by atoms with van der Waals surface area (Å²) in [5.41, 5.74) is 3.15. The maximum absolute atomic E-state index is 14.4. The maximum Gasteiger partial charge on any atom is 0.169 e. The summed E-state index contributed by atoms with van der Waals surface area (Å²) in [5.74, 6) is 0.860. The number of hydrogen-bond acceptors (Lipinski definition) is 4. The van der Waals surface area contributed by atoms with Gasteiger partial charge in [0.1, 0.15) is 5.75 Å². The molecule has 0 amide bonds. The minimum atomic E-state index is -0.211. The van der Waals surface area contributed by atoms with E-state index in [1.807, 2.05) is 43.3 Å². The molecular formula is C31H30N2O2. The number of hydrazine groups is 1. The molecule has 0 unspecified atom stereocenters. The zero-order valence-corrected chi connectivity index (χ0v) is 20.0. The normalized spacial score (nSPS) is 22.4. The number of rotatable bonds is 6. The predicted octanol–water partition coefficient (Wildman–Crippen LogP) is 6.46. The van der Waals surface area contributed by atoms with Gasteiger partial charge in [-0.05, 0) is 53.4 Å². The molecule has 3 atom stereocenters. The van der Waals surface area contributed by atoms with Crippen molar-refractivity contribution in [3.05, 3.63) is 114 Å². The van der Waals surface area contributed by atoms with E-state index in [1.165, 1.54) is 5.56 Å². The highest BCUT2D eigenvalue weighted by Crippen LogP contribution is 2.52. The summed E-state index contributed by atoms with van der Waals surface area (Å²) in [6, 6.07) is 33.3. The molecule has 2 aliphatic heterocycles. The summed E-state index contributed by atoms with van der Waals surface area (Å²) in [6.07, 6.45) is 1.10. The van der Waals surface area contributed by atoms with Crippen LogP contribution in [0.15, 0.2) is 97.1 Å². The maximum atomic E-state index is 14.4. The van der Waals surface area contributed by atoms with E-state index in [2.05, 4.69) is 70.7 Å². The fourth-order valence-corrected chi connectivity index (χ4v) is 5.95. The zero-order chi connectivity index (χ0) is 23.8. The highest BCUT2D eigenvalue weighted by Gasteiger charge is 2.53. The number of carbonyl (C=O) groups excluding carboxylic acids is 1. The Morgan fingerprint density at radius 1 is 0.771 bits per heavy atom. The first-order valence-electron chi connectivity index (χ1n) is 12.6. The molecule has 2 aliphatic rings. The van der Waals surface area contributed by atoms with Gasteiger partial charge in [-0.25, -0.2) is 10.0 Å². The largest absolute Gasteiger partial charge is 0.494 e. The summed E-state index contributed by atoms with van der Waals surface area (Å²) in [7, 11) is 0. The van der Waals surface area contributed by atoms with Crippen molar-refractivity contribution in [1.29, 1.82) is 0 Å². The Balaban J connectivity index is 1.47. The first-order valence-corrected chi connectivity index (χ1v) is 12.6. The molecule has 0 saturated carbocycles. The van der Waals surface area contributed by atoms with Crippen LogP contribution in [0.3, 0.4) is 0 Å². The lowest BCUT2D eigenvalue weighted by Crippen LogP contribution is -2.32. The molecule has 0 aromatic heterocycles. The molecule has 2 saturated heterocycles. The van der Waals surface area contributed by atoms with Crippen LogP contribution in [0.2, 0.25) is 0 Å². The predicted molar refractivity (Wildman–Crippen MR) is 139 cm³/mol. The van der Waals surface area contributed by atoms with Crippen molar-refractivity contribution < 1.29 is 9.53 Å². The van der Waals surface area contributed by atoms with Crippen LogP contribution in [0.1, 0.15) is 46.9 Å². The van der Waals surface area contributed by atoms with Crippen LogP contribution in [-0.4, -0.2) is 35.5 Å². The molecule has 0 N–H and O–H groups in total. The second kappa shape index (κ2) is 9.29. The minimum Gasteiger partial charge on any atom is -0.494 e. The molecule has 35 heavy (non-hydrogen) atoms. The van der Waals surface area contributed by atoms with E-state index in [9.17, 15) is 4.79 Å². The molecule has 4 heteroatoms. The molecule has 0 bridgehead atoms. The van der Waals surface area contributed by atoms with Gasteiger partial charge in [-0.2, -0.15) is 0 Å². The van der Waals surface area contributed by atoms with Gasteiger partial charge in [-0.15, -0.1) is 0 Å². The molecule has 4 aromatic rings. The minimum absolute atomic E-state index is 0.00855. The van der Waals surface area contributed by atoms with Crippen LogP contribution < -0.4 is 4.74 Å². The monoisotopic (exact) mass is 462 g/mol. The van der Waals surface area contributed by atoms with Gasteiger partial charge in [0.05, 0.1) is 24.6 Å². The van der Waals surface area contributed by atoms with Crippen LogP contribution in [0.5, 0.6) is 5.75 Å². The van der Waals surface area contributed by atoms with Crippen LogP contribution in [0, 0.1) is 5.92 Å². The molecule has 2 heterocycles. The lowest BCUT2D eigenvalue weighted by molar-refractivity contribution is 0.0252. The van der Waals surface area contributed by atoms with Gasteiger partial charge in [-0.3, -0.25) is 4.79 Å². The van der Waals surface area contributed by atoms with E-state index in [4.69, 9.17) is 4.74 Å². The lowest BCUT2D eigenvalue weighted by atomic mass is 9.80. The topological polar surface area (TPSA) is 32.8 Å². The first-order chi connectivity index (χ1) is 17.2. The number of fused-ring (bicyclic) bond motifs is 2. The van der Waals surface area contributed by atoms with Gasteiger partial charge in [-0.1, -0.05) is 78.9 Å². The van der Waals surface area contributed by atoms with Crippen molar-refractivity contribution in [2.24, 2.45) is 5.92 Å². The molecule has 2 fully saturated rings. The summed E-state index contributed by atoms with van der Waals surface area (Å²) < 4.78 is 5.69. The van der Waals surface area contributed by atoms with Crippen molar-refractivity contribution in [1.82, 2.24) is 10.0 Å². The Bertz CT molecular complexity index is 1340. The lowest BCUT2D eigenvalue weighted by Gasteiger charge is -2.27. The van der Waals surface area contributed by atoms with Crippen molar-refractivity contribution >= 4 is 16.6 Å². The Kier molecular flexibility index (Phi) is 5.85. The van der Waals surface area contributed by atoms with E-state index in [0.717, 1.165) is 47.2 Å². The number of nitrogens with zero attached hydrogens (tertiary/aromatic N) is 2. The van der Waals surface area contributed by atoms with Crippen LogP contribution in [-0.2, 0) is 0 Å². The highest BCUT2D eigenvalue weighted by molar-refractivity contribution is 6.02. The van der Waals surface area contributed by atoms with Crippen molar-refractivity contribution in [3.8, 4) is 5.75 Å². The first kappa shape index (κ1) is 22.0.